The molecule has 2 aromatic heterocycles. The molecule has 8 heteroatoms. The van der Waals surface area contributed by atoms with Gasteiger partial charge in [0.15, 0.2) is 5.65 Å². The minimum atomic E-state index is -0.355. The first-order chi connectivity index (χ1) is 16.2. The molecule has 1 aliphatic heterocycles. The van der Waals surface area contributed by atoms with Crippen LogP contribution in [0.2, 0.25) is 0 Å². The van der Waals surface area contributed by atoms with Crippen LogP contribution in [0.4, 0.5) is 16.2 Å². The molecule has 0 atom stereocenters. The standard InChI is InChI=1S/C25H28FN7/c26-20-12-6-5-11-19(20)22-21-23(27)33(17-18-9-3-1-4-10-18)31-24(21)30-25(29-22)28-13-16-32-14-7-2-8-15-32/h1,3-6,9-12H,2,7-8,13-17,27H2,(H,28,30,31). The van der Waals surface area contributed by atoms with Gasteiger partial charge in [-0.15, -0.1) is 5.10 Å². The van der Waals surface area contributed by atoms with Crippen LogP contribution in [0.1, 0.15) is 24.8 Å². The number of nitrogens with two attached hydrogens (primary N) is 1. The van der Waals surface area contributed by atoms with E-state index in [1.807, 2.05) is 30.3 Å². The molecule has 4 aromatic rings. The number of hydrogen-bond donors (Lipinski definition) is 2. The summed E-state index contributed by atoms with van der Waals surface area (Å²) in [5, 5.41) is 8.53. The highest BCUT2D eigenvalue weighted by atomic mass is 19.1. The lowest BCUT2D eigenvalue weighted by molar-refractivity contribution is 0.237. The van der Waals surface area contributed by atoms with Crippen LogP contribution in [0.25, 0.3) is 22.3 Å². The van der Waals surface area contributed by atoms with Crippen molar-refractivity contribution in [2.24, 2.45) is 0 Å². The number of rotatable bonds is 7. The van der Waals surface area contributed by atoms with Gasteiger partial charge in [0.2, 0.25) is 5.95 Å². The second-order valence-electron chi connectivity index (χ2n) is 8.43. The number of nitrogen functional groups attached to an aromatic ring is 1. The van der Waals surface area contributed by atoms with Crippen molar-refractivity contribution in [3.63, 3.8) is 0 Å². The smallest absolute Gasteiger partial charge is 0.225 e. The zero-order valence-electron chi connectivity index (χ0n) is 18.5. The molecule has 7 nitrogen and oxygen atoms in total. The third kappa shape index (κ3) is 4.66. The zero-order chi connectivity index (χ0) is 22.6. The van der Waals surface area contributed by atoms with Gasteiger partial charge in [-0.1, -0.05) is 48.9 Å². The number of fused-ring (bicyclic) bond motifs is 1. The molecule has 0 aliphatic carbocycles. The van der Waals surface area contributed by atoms with Gasteiger partial charge in [0.1, 0.15) is 11.6 Å². The van der Waals surface area contributed by atoms with Crippen LogP contribution >= 0.6 is 0 Å². The fraction of sp³-hybridized carbons (Fsp3) is 0.320. The Bertz CT molecular complexity index is 1230. The van der Waals surface area contributed by atoms with Crippen LogP contribution in [0.5, 0.6) is 0 Å². The molecule has 33 heavy (non-hydrogen) atoms. The van der Waals surface area contributed by atoms with Gasteiger partial charge in [0.05, 0.1) is 17.6 Å². The number of aromatic nitrogens is 4. The molecule has 0 bridgehead atoms. The van der Waals surface area contributed by atoms with Crippen molar-refractivity contribution < 1.29 is 4.39 Å². The van der Waals surface area contributed by atoms with Crippen molar-refractivity contribution in [3.8, 4) is 11.3 Å². The summed E-state index contributed by atoms with van der Waals surface area (Å²) in [5.41, 5.74) is 8.85. The van der Waals surface area contributed by atoms with Crippen molar-refractivity contribution in [3.05, 3.63) is 66.0 Å². The molecule has 1 fully saturated rings. The van der Waals surface area contributed by atoms with E-state index in [1.54, 1.807) is 22.9 Å². The lowest BCUT2D eigenvalue weighted by Gasteiger charge is -2.26. The third-order valence-electron chi connectivity index (χ3n) is 6.10. The van der Waals surface area contributed by atoms with Gasteiger partial charge in [-0.25, -0.2) is 14.1 Å². The van der Waals surface area contributed by atoms with Crippen molar-refractivity contribution in [1.82, 2.24) is 24.6 Å². The van der Waals surface area contributed by atoms with Gasteiger partial charge in [-0.05, 0) is 43.6 Å². The van der Waals surface area contributed by atoms with Crippen molar-refractivity contribution >= 4 is 22.8 Å². The molecule has 0 amide bonds. The molecule has 1 saturated heterocycles. The lowest BCUT2D eigenvalue weighted by Crippen LogP contribution is -2.33. The van der Waals surface area contributed by atoms with Gasteiger partial charge < -0.3 is 16.0 Å². The normalized spacial score (nSPS) is 14.6. The number of anilines is 2. The summed E-state index contributed by atoms with van der Waals surface area (Å²) in [6, 6.07) is 16.5. The number of nitrogens with one attached hydrogen (secondary N) is 1. The number of benzene rings is 2. The maximum atomic E-state index is 14.8. The monoisotopic (exact) mass is 445 g/mol. The summed E-state index contributed by atoms with van der Waals surface area (Å²) in [6.45, 7) is 4.38. The number of piperidine rings is 1. The van der Waals surface area contributed by atoms with Crippen LogP contribution in [0, 0.1) is 5.82 Å². The van der Waals surface area contributed by atoms with Crippen molar-refractivity contribution in [1.29, 1.82) is 0 Å². The Morgan fingerprint density at radius 3 is 2.48 bits per heavy atom. The average Bonchev–Trinajstić information content (AvgIpc) is 3.15. The summed E-state index contributed by atoms with van der Waals surface area (Å²) in [6.07, 6.45) is 3.80. The second-order valence-corrected chi connectivity index (χ2v) is 8.43. The van der Waals surface area contributed by atoms with E-state index in [2.05, 4.69) is 25.3 Å². The molecule has 3 N–H and O–H groups in total. The van der Waals surface area contributed by atoms with Crippen LogP contribution in [-0.4, -0.2) is 50.8 Å². The van der Waals surface area contributed by atoms with Gasteiger partial charge in [0, 0.05) is 18.7 Å². The van der Waals surface area contributed by atoms with Crippen LogP contribution in [-0.2, 0) is 6.54 Å². The minimum absolute atomic E-state index is 0.355. The highest BCUT2D eigenvalue weighted by Gasteiger charge is 2.20. The maximum Gasteiger partial charge on any atom is 0.225 e. The van der Waals surface area contributed by atoms with Crippen LogP contribution < -0.4 is 11.1 Å². The van der Waals surface area contributed by atoms with Gasteiger partial charge in [0.25, 0.3) is 0 Å². The third-order valence-corrected chi connectivity index (χ3v) is 6.10. The Balaban J connectivity index is 1.50. The zero-order valence-corrected chi connectivity index (χ0v) is 18.5. The minimum Gasteiger partial charge on any atom is -0.383 e. The Labute approximate surface area is 192 Å². The van der Waals surface area contributed by atoms with Gasteiger partial charge in [-0.2, -0.15) is 4.98 Å². The topological polar surface area (TPSA) is 84.9 Å². The highest BCUT2D eigenvalue weighted by molar-refractivity contribution is 5.99. The van der Waals surface area contributed by atoms with E-state index in [9.17, 15) is 4.39 Å². The number of halogens is 1. The first kappa shape index (κ1) is 21.3. The van der Waals surface area contributed by atoms with E-state index in [-0.39, 0.29) is 5.82 Å². The molecule has 1 aliphatic rings. The van der Waals surface area contributed by atoms with Gasteiger partial charge >= 0.3 is 0 Å². The summed E-state index contributed by atoms with van der Waals surface area (Å²) < 4.78 is 16.5. The summed E-state index contributed by atoms with van der Waals surface area (Å²) in [5.74, 6) is 0.501. The fourth-order valence-corrected chi connectivity index (χ4v) is 4.37. The SMILES string of the molecule is Nc1c2c(-c3ccccc3F)nc(NCCN3CCCCC3)nc2nn1Cc1ccccc1. The number of hydrogen-bond acceptors (Lipinski definition) is 6. The summed E-state index contributed by atoms with van der Waals surface area (Å²) >= 11 is 0. The molecule has 0 spiro atoms. The summed E-state index contributed by atoms with van der Waals surface area (Å²) in [4.78, 5) is 11.7. The molecule has 3 heterocycles. The quantitative estimate of drug-likeness (QED) is 0.444. The van der Waals surface area contributed by atoms with E-state index in [0.29, 0.717) is 47.1 Å². The lowest BCUT2D eigenvalue weighted by atomic mass is 10.1. The summed E-state index contributed by atoms with van der Waals surface area (Å²) in [7, 11) is 0. The first-order valence-corrected chi connectivity index (χ1v) is 11.5. The molecule has 5 rings (SSSR count). The fourth-order valence-electron chi connectivity index (χ4n) is 4.37. The Kier molecular flexibility index (Phi) is 6.17. The molecular weight excluding hydrogens is 417 g/mol. The Morgan fingerprint density at radius 1 is 0.939 bits per heavy atom. The molecular formula is C25H28FN7. The first-order valence-electron chi connectivity index (χ1n) is 11.5. The average molecular weight is 446 g/mol. The number of likely N-dealkylation sites (tertiary alicyclic amines) is 1. The maximum absolute atomic E-state index is 14.8. The molecule has 0 saturated carbocycles. The van der Waals surface area contributed by atoms with Crippen molar-refractivity contribution in [2.45, 2.75) is 25.8 Å². The predicted molar refractivity (Wildman–Crippen MR) is 129 cm³/mol. The Morgan fingerprint density at radius 2 is 1.70 bits per heavy atom. The van der Waals surface area contributed by atoms with E-state index in [1.165, 1.54) is 25.3 Å². The molecule has 0 unspecified atom stereocenters. The van der Waals surface area contributed by atoms with Crippen LogP contribution in [0.3, 0.4) is 0 Å². The van der Waals surface area contributed by atoms with E-state index >= 15 is 0 Å². The van der Waals surface area contributed by atoms with E-state index in [4.69, 9.17) is 5.73 Å². The largest absolute Gasteiger partial charge is 0.383 e. The molecule has 2 aromatic carbocycles. The van der Waals surface area contributed by atoms with E-state index in [0.717, 1.165) is 25.2 Å². The number of nitrogens with zero attached hydrogens (tertiary/aromatic N) is 5. The molecule has 0 radical (unpaired) electrons. The van der Waals surface area contributed by atoms with E-state index < -0.39 is 0 Å². The molecule has 170 valence electrons. The Hall–Kier alpha value is -3.52. The van der Waals surface area contributed by atoms with Crippen LogP contribution in [0.15, 0.2) is 54.6 Å². The van der Waals surface area contributed by atoms with Gasteiger partial charge in [-0.3, -0.25) is 0 Å². The second kappa shape index (κ2) is 9.54. The predicted octanol–water partition coefficient (Wildman–Crippen LogP) is 4.16. The highest BCUT2D eigenvalue weighted by Crippen LogP contribution is 2.33. The van der Waals surface area contributed by atoms with Crippen molar-refractivity contribution in [2.75, 3.05) is 37.2 Å².